The summed E-state index contributed by atoms with van der Waals surface area (Å²) in [5, 5.41) is 17.6. The number of amides is 1. The van der Waals surface area contributed by atoms with Gasteiger partial charge in [-0.15, -0.1) is 10.2 Å². The first-order valence-corrected chi connectivity index (χ1v) is 10.1. The Hall–Kier alpha value is -3.19. The second-order valence-electron chi connectivity index (χ2n) is 6.19. The lowest BCUT2D eigenvalue weighted by molar-refractivity contribution is -0.116. The van der Waals surface area contributed by atoms with E-state index in [0.29, 0.717) is 18.0 Å². The van der Waals surface area contributed by atoms with Gasteiger partial charge in [0.15, 0.2) is 11.5 Å². The third kappa shape index (κ3) is 4.20. The molecule has 0 atom stereocenters. The number of thioether (sulfide) groups is 1. The van der Waals surface area contributed by atoms with Gasteiger partial charge in [-0.25, -0.2) is 0 Å². The zero-order valence-electron chi connectivity index (χ0n) is 15.2. The fourth-order valence-electron chi connectivity index (χ4n) is 2.83. The summed E-state index contributed by atoms with van der Waals surface area (Å²) in [6.07, 6.45) is 4.87. The molecule has 0 aliphatic carbocycles. The van der Waals surface area contributed by atoms with Gasteiger partial charge < -0.3 is 5.32 Å². The molecule has 28 heavy (non-hydrogen) atoms. The number of carbonyl (C=O) groups excluding carboxylic acids is 1. The third-order valence-electron chi connectivity index (χ3n) is 4.22. The number of carbonyl (C=O) groups is 1. The predicted octanol–water partition coefficient (Wildman–Crippen LogP) is 3.34. The highest BCUT2D eigenvalue weighted by Crippen LogP contribution is 2.17. The van der Waals surface area contributed by atoms with Crippen molar-refractivity contribution in [3.05, 3.63) is 78.3 Å². The fourth-order valence-corrected chi connectivity index (χ4v) is 3.65. The minimum absolute atomic E-state index is 0.155. The maximum absolute atomic E-state index is 12.0. The number of nitrogens with zero attached hydrogens (tertiary/aromatic N) is 4. The predicted molar refractivity (Wildman–Crippen MR) is 113 cm³/mol. The van der Waals surface area contributed by atoms with Crippen LogP contribution in [0.1, 0.15) is 11.4 Å². The molecule has 0 spiro atoms. The monoisotopic (exact) mass is 389 g/mol. The molecule has 140 valence electrons. The van der Waals surface area contributed by atoms with Gasteiger partial charge in [-0.1, -0.05) is 54.6 Å². The van der Waals surface area contributed by atoms with Crippen LogP contribution in [0.25, 0.3) is 22.5 Å². The lowest BCUT2D eigenvalue weighted by atomic mass is 10.2. The van der Waals surface area contributed by atoms with Crippen LogP contribution in [-0.2, 0) is 10.5 Å². The molecule has 0 saturated heterocycles. The van der Waals surface area contributed by atoms with E-state index in [2.05, 4.69) is 32.7 Å². The van der Waals surface area contributed by atoms with Crippen LogP contribution in [0.4, 0.5) is 0 Å². The van der Waals surface area contributed by atoms with Gasteiger partial charge in [0.2, 0.25) is 5.91 Å². The van der Waals surface area contributed by atoms with Crippen molar-refractivity contribution < 1.29 is 4.79 Å². The Kier molecular flexibility index (Phi) is 5.63. The molecule has 0 bridgehead atoms. The molecule has 4 rings (SSSR count). The molecule has 4 aromatic rings. The van der Waals surface area contributed by atoms with Crippen LogP contribution in [0.3, 0.4) is 0 Å². The second-order valence-corrected chi connectivity index (χ2v) is 7.29. The molecular weight excluding hydrogens is 370 g/mol. The number of hydrogen-bond donors (Lipinski definition) is 1. The first-order chi connectivity index (χ1) is 13.8. The topological polar surface area (TPSA) is 72.2 Å². The number of fused-ring (bicyclic) bond motifs is 3. The number of hydrogen-bond acceptors (Lipinski definition) is 5. The average molecular weight is 389 g/mol. The third-order valence-corrected chi connectivity index (χ3v) is 5.25. The summed E-state index contributed by atoms with van der Waals surface area (Å²) >= 11 is 1.79. The summed E-state index contributed by atoms with van der Waals surface area (Å²) in [7, 11) is 0. The minimum Gasteiger partial charge on any atom is -0.352 e. The van der Waals surface area contributed by atoms with Gasteiger partial charge in [-0.05, 0) is 11.6 Å². The largest absolute Gasteiger partial charge is 0.352 e. The smallest absolute Gasteiger partial charge is 0.244 e. The Morgan fingerprint density at radius 1 is 1.07 bits per heavy atom. The first-order valence-electron chi connectivity index (χ1n) is 8.98. The highest BCUT2D eigenvalue weighted by atomic mass is 32.2. The first kappa shape index (κ1) is 18.2. The van der Waals surface area contributed by atoms with Crippen molar-refractivity contribution in [1.82, 2.24) is 25.1 Å². The Labute approximate surface area is 166 Å². The molecule has 1 N–H and O–H groups in total. The van der Waals surface area contributed by atoms with Gasteiger partial charge in [0.1, 0.15) is 0 Å². The maximum Gasteiger partial charge on any atom is 0.244 e. The summed E-state index contributed by atoms with van der Waals surface area (Å²) in [5.41, 5.74) is 1.97. The SMILES string of the molecule is O=C(/C=C/c1nnc2c3ccccc3cnn12)NCCSCc1ccccc1. The molecular formula is C21H19N5OS. The second kappa shape index (κ2) is 8.67. The molecule has 6 nitrogen and oxygen atoms in total. The minimum atomic E-state index is -0.155. The highest BCUT2D eigenvalue weighted by Gasteiger charge is 2.08. The molecule has 0 unspecified atom stereocenters. The van der Waals surface area contributed by atoms with E-state index >= 15 is 0 Å². The van der Waals surface area contributed by atoms with Crippen LogP contribution in [0.15, 0.2) is 66.9 Å². The summed E-state index contributed by atoms with van der Waals surface area (Å²) in [5.74, 6) is 2.17. The lowest BCUT2D eigenvalue weighted by Gasteiger charge is -2.03. The summed E-state index contributed by atoms with van der Waals surface area (Å²) < 4.78 is 1.64. The zero-order valence-corrected chi connectivity index (χ0v) is 16.0. The molecule has 7 heteroatoms. The maximum atomic E-state index is 12.0. The zero-order chi connectivity index (χ0) is 19.2. The van der Waals surface area contributed by atoms with Crippen molar-refractivity contribution >= 4 is 40.2 Å². The van der Waals surface area contributed by atoms with Crippen molar-refractivity contribution in [3.8, 4) is 0 Å². The molecule has 0 radical (unpaired) electrons. The van der Waals surface area contributed by atoms with E-state index in [4.69, 9.17) is 0 Å². The Balaban J connectivity index is 1.31. The van der Waals surface area contributed by atoms with Gasteiger partial charge in [-0.2, -0.15) is 21.4 Å². The number of benzene rings is 2. The van der Waals surface area contributed by atoms with Gasteiger partial charge in [0.05, 0.1) is 6.20 Å². The summed E-state index contributed by atoms with van der Waals surface area (Å²) in [4.78, 5) is 12.0. The Morgan fingerprint density at radius 2 is 1.89 bits per heavy atom. The number of aromatic nitrogens is 4. The molecule has 0 fully saturated rings. The van der Waals surface area contributed by atoms with Crippen molar-refractivity contribution in [1.29, 1.82) is 0 Å². The van der Waals surface area contributed by atoms with Gasteiger partial charge in [0, 0.05) is 34.9 Å². The quantitative estimate of drug-likeness (QED) is 0.388. The van der Waals surface area contributed by atoms with E-state index in [0.717, 1.165) is 22.3 Å². The Bertz CT molecular complexity index is 1120. The molecule has 2 heterocycles. The lowest BCUT2D eigenvalue weighted by Crippen LogP contribution is -2.23. The van der Waals surface area contributed by atoms with E-state index in [1.807, 2.05) is 42.5 Å². The van der Waals surface area contributed by atoms with Crippen LogP contribution in [-0.4, -0.2) is 38.0 Å². The highest BCUT2D eigenvalue weighted by molar-refractivity contribution is 7.98. The summed E-state index contributed by atoms with van der Waals surface area (Å²) in [6, 6.07) is 18.2. The van der Waals surface area contributed by atoms with Crippen molar-refractivity contribution in [2.75, 3.05) is 12.3 Å². The van der Waals surface area contributed by atoms with Crippen molar-refractivity contribution in [2.24, 2.45) is 0 Å². The van der Waals surface area contributed by atoms with Crippen LogP contribution in [0.5, 0.6) is 0 Å². The average Bonchev–Trinajstić information content (AvgIpc) is 3.16. The Morgan fingerprint density at radius 3 is 2.79 bits per heavy atom. The van der Waals surface area contributed by atoms with Crippen LogP contribution < -0.4 is 5.32 Å². The summed E-state index contributed by atoms with van der Waals surface area (Å²) in [6.45, 7) is 0.615. The van der Waals surface area contributed by atoms with Crippen molar-refractivity contribution in [3.63, 3.8) is 0 Å². The molecule has 0 saturated carbocycles. The van der Waals surface area contributed by atoms with E-state index in [1.165, 1.54) is 11.6 Å². The van der Waals surface area contributed by atoms with Crippen LogP contribution in [0.2, 0.25) is 0 Å². The number of rotatable bonds is 7. The van der Waals surface area contributed by atoms with Gasteiger partial charge in [-0.3, -0.25) is 4.79 Å². The molecule has 0 aliphatic heterocycles. The van der Waals surface area contributed by atoms with Gasteiger partial charge >= 0.3 is 0 Å². The molecule has 0 aliphatic rings. The normalized spacial score (nSPS) is 11.4. The molecule has 2 aromatic heterocycles. The van der Waals surface area contributed by atoms with E-state index in [-0.39, 0.29) is 5.91 Å². The van der Waals surface area contributed by atoms with Gasteiger partial charge in [0.25, 0.3) is 0 Å². The fraction of sp³-hybridized carbons (Fsp3) is 0.143. The van der Waals surface area contributed by atoms with Crippen LogP contribution >= 0.6 is 11.8 Å². The molecule has 1 amide bonds. The van der Waals surface area contributed by atoms with E-state index < -0.39 is 0 Å². The van der Waals surface area contributed by atoms with E-state index in [9.17, 15) is 4.79 Å². The van der Waals surface area contributed by atoms with Crippen LogP contribution in [0, 0.1) is 0 Å². The van der Waals surface area contributed by atoms with E-state index in [1.54, 1.807) is 28.6 Å². The van der Waals surface area contributed by atoms with Crippen molar-refractivity contribution in [2.45, 2.75) is 5.75 Å². The molecule has 2 aromatic carbocycles. The standard InChI is InChI=1S/C21H19N5OS/c27-20(22-12-13-28-15-16-6-2-1-3-7-16)11-10-19-24-25-21-18-9-5-4-8-17(18)14-23-26(19)21/h1-11,14H,12-13,15H2,(H,22,27)/b11-10+. The number of nitrogens with one attached hydrogen (secondary N) is 1.